The van der Waals surface area contributed by atoms with Gasteiger partial charge in [-0.2, -0.15) is 4.31 Å². The molecule has 2 aromatic rings. The molecule has 2 heterocycles. The lowest BCUT2D eigenvalue weighted by Gasteiger charge is -2.26. The Kier molecular flexibility index (Phi) is 8.42. The molecule has 1 saturated heterocycles. The summed E-state index contributed by atoms with van der Waals surface area (Å²) in [6, 6.07) is 10.7. The first-order valence-corrected chi connectivity index (χ1v) is 14.9. The quantitative estimate of drug-likeness (QED) is 0.414. The Balaban J connectivity index is 1.28. The van der Waals surface area contributed by atoms with Gasteiger partial charge >= 0.3 is 0 Å². The van der Waals surface area contributed by atoms with Crippen LogP contribution in [0.1, 0.15) is 0 Å². The van der Waals surface area contributed by atoms with E-state index in [1.807, 2.05) is 0 Å². The molecule has 0 atom stereocenters. The Morgan fingerprint density at radius 3 is 2.32 bits per heavy atom. The van der Waals surface area contributed by atoms with Crippen molar-refractivity contribution in [2.24, 2.45) is 0 Å². The van der Waals surface area contributed by atoms with Gasteiger partial charge in [0.1, 0.15) is 32.1 Å². The fraction of sp³-hybridized carbons (Fsp3) is 0.435. The Hall–Kier alpha value is -3.07. The third kappa shape index (κ3) is 6.83. The highest BCUT2D eigenvalue weighted by atomic mass is 32.2. The van der Waals surface area contributed by atoms with Crippen molar-refractivity contribution in [2.75, 3.05) is 69.8 Å². The average Bonchev–Trinajstić information content (AvgIpc) is 2.89. The predicted molar refractivity (Wildman–Crippen MR) is 134 cm³/mol. The molecule has 4 rings (SSSR count). The van der Waals surface area contributed by atoms with Crippen LogP contribution in [0.5, 0.6) is 17.2 Å². The monoisotopic (exact) mass is 555 g/mol. The van der Waals surface area contributed by atoms with Gasteiger partial charge in [0.05, 0.1) is 36.6 Å². The van der Waals surface area contributed by atoms with Crippen molar-refractivity contribution in [3.63, 3.8) is 0 Å². The van der Waals surface area contributed by atoms with Crippen LogP contribution in [0.15, 0.2) is 47.4 Å². The number of benzene rings is 2. The predicted octanol–water partition coefficient (Wildman–Crippen LogP) is 0.440. The molecule has 0 unspecified atom stereocenters. The highest BCUT2D eigenvalue weighted by molar-refractivity contribution is 7.92. The third-order valence-corrected chi connectivity index (χ3v) is 8.68. The van der Waals surface area contributed by atoms with Crippen LogP contribution >= 0.6 is 0 Å². The maximum absolute atomic E-state index is 12.7. The summed E-state index contributed by atoms with van der Waals surface area (Å²) in [6.45, 7) is 1.90. The molecule has 0 saturated carbocycles. The van der Waals surface area contributed by atoms with Gasteiger partial charge in [0.2, 0.25) is 26.0 Å². The molecule has 14 heteroatoms. The van der Waals surface area contributed by atoms with Crippen molar-refractivity contribution in [1.29, 1.82) is 0 Å². The van der Waals surface area contributed by atoms with Gasteiger partial charge in [-0.3, -0.25) is 9.10 Å². The molecule has 0 spiro atoms. The zero-order valence-corrected chi connectivity index (χ0v) is 21.9. The molecule has 37 heavy (non-hydrogen) atoms. The first-order valence-electron chi connectivity index (χ1n) is 11.6. The van der Waals surface area contributed by atoms with E-state index in [1.54, 1.807) is 24.3 Å². The summed E-state index contributed by atoms with van der Waals surface area (Å²) >= 11 is 0. The van der Waals surface area contributed by atoms with Crippen molar-refractivity contribution >= 4 is 31.6 Å². The van der Waals surface area contributed by atoms with Crippen LogP contribution in [0.4, 0.5) is 5.69 Å². The van der Waals surface area contributed by atoms with Crippen LogP contribution in [-0.4, -0.2) is 92.5 Å². The van der Waals surface area contributed by atoms with Gasteiger partial charge in [0, 0.05) is 19.2 Å². The van der Waals surface area contributed by atoms with E-state index >= 15 is 0 Å². The number of carbonyl (C=O) groups excluding carboxylic acids is 1. The Morgan fingerprint density at radius 1 is 0.973 bits per heavy atom. The third-order valence-electron chi connectivity index (χ3n) is 5.63. The van der Waals surface area contributed by atoms with Crippen molar-refractivity contribution in [3.8, 4) is 17.2 Å². The molecule has 0 aromatic heterocycles. The summed E-state index contributed by atoms with van der Waals surface area (Å²) < 4.78 is 74.2. The number of sulfonamides is 2. The van der Waals surface area contributed by atoms with Crippen LogP contribution in [0.3, 0.4) is 0 Å². The first kappa shape index (κ1) is 27.0. The molecular weight excluding hydrogens is 526 g/mol. The Bertz CT molecular complexity index is 1310. The fourth-order valence-electron chi connectivity index (χ4n) is 3.78. The van der Waals surface area contributed by atoms with E-state index in [0.29, 0.717) is 56.8 Å². The van der Waals surface area contributed by atoms with Crippen LogP contribution in [0.25, 0.3) is 0 Å². The van der Waals surface area contributed by atoms with E-state index in [-0.39, 0.29) is 23.7 Å². The minimum Gasteiger partial charge on any atom is -0.492 e. The lowest BCUT2D eigenvalue weighted by atomic mass is 10.2. The van der Waals surface area contributed by atoms with Gasteiger partial charge in [-0.05, 0) is 36.4 Å². The number of ether oxygens (including phenoxy) is 4. The second-order valence-electron chi connectivity index (χ2n) is 8.28. The number of amides is 1. The van der Waals surface area contributed by atoms with E-state index in [9.17, 15) is 21.6 Å². The molecule has 0 radical (unpaired) electrons. The van der Waals surface area contributed by atoms with Crippen LogP contribution in [-0.2, 0) is 29.6 Å². The molecular formula is C23H29N3O9S2. The van der Waals surface area contributed by atoms with E-state index in [4.69, 9.17) is 18.9 Å². The molecule has 2 aliphatic rings. The van der Waals surface area contributed by atoms with Crippen molar-refractivity contribution in [1.82, 2.24) is 9.62 Å². The highest BCUT2D eigenvalue weighted by Gasteiger charge is 2.26. The minimum atomic E-state index is -3.75. The first-order chi connectivity index (χ1) is 17.6. The van der Waals surface area contributed by atoms with Gasteiger partial charge in [0.15, 0.2) is 11.5 Å². The Morgan fingerprint density at radius 2 is 1.65 bits per heavy atom. The number of nitrogens with one attached hydrogen (secondary N) is 1. The van der Waals surface area contributed by atoms with E-state index in [1.165, 1.54) is 22.5 Å². The number of morpholine rings is 1. The molecule has 2 aromatic carbocycles. The second-order valence-corrected chi connectivity index (χ2v) is 12.1. The summed E-state index contributed by atoms with van der Waals surface area (Å²) in [7, 11) is -7.35. The molecule has 2 aliphatic heterocycles. The van der Waals surface area contributed by atoms with Gasteiger partial charge < -0.3 is 24.3 Å². The highest BCUT2D eigenvalue weighted by Crippen LogP contribution is 2.34. The molecule has 0 bridgehead atoms. The lowest BCUT2D eigenvalue weighted by Crippen LogP contribution is -2.41. The molecule has 202 valence electrons. The van der Waals surface area contributed by atoms with Crippen LogP contribution in [0, 0.1) is 0 Å². The maximum Gasteiger partial charge on any atom is 0.243 e. The number of hydrogen-bond donors (Lipinski definition) is 1. The summed E-state index contributed by atoms with van der Waals surface area (Å²) in [6.07, 6.45) is 1.02. The normalized spacial score (nSPS) is 16.1. The number of anilines is 1. The van der Waals surface area contributed by atoms with Gasteiger partial charge in [-0.25, -0.2) is 16.8 Å². The molecule has 1 N–H and O–H groups in total. The largest absolute Gasteiger partial charge is 0.492 e. The summed E-state index contributed by atoms with van der Waals surface area (Å²) in [5.41, 5.74) is 0.283. The van der Waals surface area contributed by atoms with Crippen LogP contribution < -0.4 is 23.8 Å². The van der Waals surface area contributed by atoms with Crippen LogP contribution in [0.2, 0.25) is 0 Å². The molecule has 12 nitrogen and oxygen atoms in total. The second kappa shape index (κ2) is 11.5. The number of rotatable bonds is 10. The smallest absolute Gasteiger partial charge is 0.243 e. The summed E-state index contributed by atoms with van der Waals surface area (Å²) in [5, 5.41) is 2.63. The standard InChI is InChI=1S/C23H29N3O9S2/c1-36(28,29)26(18-2-7-21-22(16-18)35-15-14-34-21)17-23(27)24-8-11-33-19-3-5-20(6-4-19)37(30,31)25-9-12-32-13-10-25/h2-7,16H,8-15,17H2,1H3,(H,24,27). The average molecular weight is 556 g/mol. The van der Waals surface area contributed by atoms with Gasteiger partial charge in [0.25, 0.3) is 0 Å². The molecule has 1 fully saturated rings. The lowest BCUT2D eigenvalue weighted by molar-refractivity contribution is -0.119. The zero-order valence-electron chi connectivity index (χ0n) is 20.3. The summed E-state index contributed by atoms with van der Waals surface area (Å²) in [5.74, 6) is 0.840. The maximum atomic E-state index is 12.7. The fourth-order valence-corrected chi connectivity index (χ4v) is 6.03. The summed E-state index contributed by atoms with van der Waals surface area (Å²) in [4.78, 5) is 12.6. The topological polar surface area (TPSA) is 141 Å². The van der Waals surface area contributed by atoms with Gasteiger partial charge in [-0.1, -0.05) is 0 Å². The van der Waals surface area contributed by atoms with E-state index in [2.05, 4.69) is 5.32 Å². The van der Waals surface area contributed by atoms with Crippen molar-refractivity contribution in [2.45, 2.75) is 4.90 Å². The van der Waals surface area contributed by atoms with Crippen molar-refractivity contribution in [3.05, 3.63) is 42.5 Å². The van der Waals surface area contributed by atoms with E-state index in [0.717, 1.165) is 10.6 Å². The SMILES string of the molecule is CS(=O)(=O)N(CC(=O)NCCOc1ccc(S(=O)(=O)N2CCOCC2)cc1)c1ccc2c(c1)OCCO2. The van der Waals surface area contributed by atoms with Gasteiger partial charge in [-0.15, -0.1) is 0 Å². The molecule has 0 aliphatic carbocycles. The van der Waals surface area contributed by atoms with Crippen molar-refractivity contribution < 1.29 is 40.6 Å². The Labute approximate surface area is 216 Å². The van der Waals surface area contributed by atoms with E-state index < -0.39 is 32.5 Å². The number of hydrogen-bond acceptors (Lipinski definition) is 9. The molecule has 1 amide bonds. The number of carbonyl (C=O) groups is 1. The zero-order chi connectivity index (χ0) is 26.5. The number of fused-ring (bicyclic) bond motifs is 1. The number of nitrogens with zero attached hydrogens (tertiary/aromatic N) is 2. The minimum absolute atomic E-state index is 0.101.